The first-order valence-electron chi connectivity index (χ1n) is 7.99. The van der Waals surface area contributed by atoms with E-state index in [1.54, 1.807) is 0 Å². The number of ether oxygens (including phenoxy) is 2. The summed E-state index contributed by atoms with van der Waals surface area (Å²) in [4.78, 5) is 14.3. The van der Waals surface area contributed by atoms with Crippen LogP contribution in [0.4, 0.5) is 0 Å². The number of likely N-dealkylation sites (tertiary alicyclic amines) is 1. The van der Waals surface area contributed by atoms with E-state index < -0.39 is 6.10 Å². The molecule has 122 valence electrons. The predicted octanol–water partition coefficient (Wildman–Crippen LogP) is 0.490. The van der Waals surface area contributed by atoms with Crippen molar-refractivity contribution in [2.45, 2.75) is 50.7 Å². The van der Waals surface area contributed by atoms with Crippen LogP contribution in [0.15, 0.2) is 0 Å². The van der Waals surface area contributed by atoms with Gasteiger partial charge in [0.2, 0.25) is 0 Å². The SMILES string of the molecule is CC(OCC1CCCCO1)C(=O)N1CCC(c2nn[nH]n2)C1. The van der Waals surface area contributed by atoms with Gasteiger partial charge in [0, 0.05) is 25.6 Å². The van der Waals surface area contributed by atoms with Gasteiger partial charge in [-0.05, 0) is 32.6 Å². The second-order valence-electron chi connectivity index (χ2n) is 6.00. The van der Waals surface area contributed by atoms with Gasteiger partial charge in [-0.2, -0.15) is 5.21 Å². The van der Waals surface area contributed by atoms with Crippen LogP contribution >= 0.6 is 0 Å². The van der Waals surface area contributed by atoms with Crippen molar-refractivity contribution in [2.24, 2.45) is 0 Å². The lowest BCUT2D eigenvalue weighted by molar-refractivity contribution is -0.145. The summed E-state index contributed by atoms with van der Waals surface area (Å²) in [5, 5.41) is 14.0. The molecule has 1 aromatic rings. The Bertz CT molecular complexity index is 475. The van der Waals surface area contributed by atoms with E-state index in [9.17, 15) is 4.79 Å². The summed E-state index contributed by atoms with van der Waals surface area (Å²) in [5.74, 6) is 0.873. The van der Waals surface area contributed by atoms with Crippen molar-refractivity contribution in [1.29, 1.82) is 0 Å². The highest BCUT2D eigenvalue weighted by molar-refractivity contribution is 5.80. The Balaban J connectivity index is 1.44. The molecule has 0 aliphatic carbocycles. The molecule has 1 aromatic heterocycles. The van der Waals surface area contributed by atoms with Crippen molar-refractivity contribution < 1.29 is 14.3 Å². The van der Waals surface area contributed by atoms with Gasteiger partial charge in [0.15, 0.2) is 5.82 Å². The molecule has 2 saturated heterocycles. The van der Waals surface area contributed by atoms with Crippen LogP contribution in [0, 0.1) is 0 Å². The van der Waals surface area contributed by atoms with Gasteiger partial charge in [-0.15, -0.1) is 10.2 Å². The molecular weight excluding hydrogens is 286 g/mol. The van der Waals surface area contributed by atoms with Crippen LogP contribution in [-0.2, 0) is 14.3 Å². The molecule has 8 heteroatoms. The van der Waals surface area contributed by atoms with Crippen LogP contribution < -0.4 is 0 Å². The lowest BCUT2D eigenvalue weighted by atomic mass is 10.1. The van der Waals surface area contributed by atoms with Gasteiger partial charge in [-0.25, -0.2) is 0 Å². The zero-order valence-electron chi connectivity index (χ0n) is 12.9. The fourth-order valence-electron chi connectivity index (χ4n) is 3.03. The standard InChI is InChI=1S/C14H23N5O3/c1-10(22-9-12-4-2-3-7-21-12)14(20)19-6-5-11(8-19)13-15-17-18-16-13/h10-12H,2-9H2,1H3,(H,15,16,17,18). The number of aromatic nitrogens is 4. The Kier molecular flexibility index (Phi) is 4.99. The molecule has 1 N–H and O–H groups in total. The lowest BCUT2D eigenvalue weighted by Gasteiger charge is -2.25. The number of rotatable bonds is 5. The lowest BCUT2D eigenvalue weighted by Crippen LogP contribution is -2.39. The topological polar surface area (TPSA) is 93.2 Å². The van der Waals surface area contributed by atoms with E-state index in [4.69, 9.17) is 9.47 Å². The summed E-state index contributed by atoms with van der Waals surface area (Å²) in [5.41, 5.74) is 0. The van der Waals surface area contributed by atoms with Crippen LogP contribution in [0.2, 0.25) is 0 Å². The monoisotopic (exact) mass is 309 g/mol. The smallest absolute Gasteiger partial charge is 0.251 e. The van der Waals surface area contributed by atoms with Gasteiger partial charge in [0.05, 0.1) is 12.7 Å². The molecule has 8 nitrogen and oxygen atoms in total. The van der Waals surface area contributed by atoms with Gasteiger partial charge in [0.25, 0.3) is 5.91 Å². The highest BCUT2D eigenvalue weighted by atomic mass is 16.5. The number of nitrogens with one attached hydrogen (secondary N) is 1. The van der Waals surface area contributed by atoms with Crippen molar-refractivity contribution in [1.82, 2.24) is 25.5 Å². The normalized spacial score (nSPS) is 27.0. The molecule has 0 radical (unpaired) electrons. The molecule has 1 amide bonds. The van der Waals surface area contributed by atoms with Crippen LogP contribution in [0.1, 0.15) is 44.3 Å². The minimum Gasteiger partial charge on any atom is -0.376 e. The fourth-order valence-corrected chi connectivity index (χ4v) is 3.03. The number of hydrogen-bond donors (Lipinski definition) is 1. The maximum Gasteiger partial charge on any atom is 0.251 e. The second kappa shape index (κ2) is 7.15. The Morgan fingerprint density at radius 1 is 1.50 bits per heavy atom. The molecule has 0 saturated carbocycles. The van der Waals surface area contributed by atoms with E-state index in [0.29, 0.717) is 25.5 Å². The maximum atomic E-state index is 12.4. The number of carbonyl (C=O) groups excluding carboxylic acids is 1. The number of aromatic amines is 1. The third-order valence-corrected chi connectivity index (χ3v) is 4.38. The number of hydrogen-bond acceptors (Lipinski definition) is 6. The molecule has 22 heavy (non-hydrogen) atoms. The summed E-state index contributed by atoms with van der Waals surface area (Å²) >= 11 is 0. The van der Waals surface area contributed by atoms with Gasteiger partial charge in [0.1, 0.15) is 6.10 Å². The van der Waals surface area contributed by atoms with Gasteiger partial charge < -0.3 is 14.4 Å². The van der Waals surface area contributed by atoms with Crippen LogP contribution in [0.3, 0.4) is 0 Å². The van der Waals surface area contributed by atoms with Crippen LogP contribution in [0.5, 0.6) is 0 Å². The number of carbonyl (C=O) groups is 1. The molecule has 2 fully saturated rings. The Hall–Kier alpha value is -1.54. The summed E-state index contributed by atoms with van der Waals surface area (Å²) in [6, 6.07) is 0. The van der Waals surface area contributed by atoms with Crippen molar-refractivity contribution in [3.8, 4) is 0 Å². The minimum atomic E-state index is -0.436. The van der Waals surface area contributed by atoms with E-state index in [1.807, 2.05) is 11.8 Å². The third-order valence-electron chi connectivity index (χ3n) is 4.38. The maximum absolute atomic E-state index is 12.4. The molecule has 3 rings (SSSR count). The van der Waals surface area contributed by atoms with E-state index in [2.05, 4.69) is 20.6 Å². The molecule has 0 spiro atoms. The van der Waals surface area contributed by atoms with Crippen LogP contribution in [-0.4, -0.2) is 69.9 Å². The third kappa shape index (κ3) is 3.61. The highest BCUT2D eigenvalue weighted by Crippen LogP contribution is 2.24. The van der Waals surface area contributed by atoms with Gasteiger partial charge in [-0.3, -0.25) is 4.79 Å². The first kappa shape index (κ1) is 15.4. The average molecular weight is 309 g/mol. The molecule has 2 aliphatic rings. The number of H-pyrrole nitrogens is 1. The highest BCUT2D eigenvalue weighted by Gasteiger charge is 2.32. The number of tetrazole rings is 1. The second-order valence-corrected chi connectivity index (χ2v) is 6.00. The molecule has 0 bridgehead atoms. The van der Waals surface area contributed by atoms with Crippen molar-refractivity contribution >= 4 is 5.91 Å². The summed E-state index contributed by atoms with van der Waals surface area (Å²) in [7, 11) is 0. The number of nitrogens with zero attached hydrogens (tertiary/aromatic N) is 4. The zero-order chi connectivity index (χ0) is 15.4. The molecule has 3 atom stereocenters. The molecule has 3 unspecified atom stereocenters. The van der Waals surface area contributed by atoms with E-state index in [1.165, 1.54) is 6.42 Å². The fraction of sp³-hybridized carbons (Fsp3) is 0.857. The molecule has 2 aliphatic heterocycles. The molecule has 3 heterocycles. The largest absolute Gasteiger partial charge is 0.376 e. The van der Waals surface area contributed by atoms with E-state index in [0.717, 1.165) is 25.9 Å². The summed E-state index contributed by atoms with van der Waals surface area (Å²) in [6.07, 6.45) is 3.88. The van der Waals surface area contributed by atoms with Crippen LogP contribution in [0.25, 0.3) is 0 Å². The molecule has 0 aromatic carbocycles. The minimum absolute atomic E-state index is 0.0294. The first-order chi connectivity index (χ1) is 10.7. The van der Waals surface area contributed by atoms with Crippen molar-refractivity contribution in [3.05, 3.63) is 5.82 Å². The van der Waals surface area contributed by atoms with Crippen molar-refractivity contribution in [3.63, 3.8) is 0 Å². The average Bonchev–Trinajstić information content (AvgIpc) is 3.23. The Labute approximate surface area is 129 Å². The Morgan fingerprint density at radius 3 is 3.14 bits per heavy atom. The quantitative estimate of drug-likeness (QED) is 0.851. The van der Waals surface area contributed by atoms with E-state index >= 15 is 0 Å². The Morgan fingerprint density at radius 2 is 2.41 bits per heavy atom. The van der Waals surface area contributed by atoms with Gasteiger partial charge in [-0.1, -0.05) is 5.21 Å². The predicted molar refractivity (Wildman–Crippen MR) is 77.1 cm³/mol. The molecular formula is C14H23N5O3. The number of amides is 1. The summed E-state index contributed by atoms with van der Waals surface area (Å²) < 4.78 is 11.3. The first-order valence-corrected chi connectivity index (χ1v) is 7.99. The van der Waals surface area contributed by atoms with E-state index in [-0.39, 0.29) is 17.9 Å². The van der Waals surface area contributed by atoms with Gasteiger partial charge >= 0.3 is 0 Å². The zero-order valence-corrected chi connectivity index (χ0v) is 12.9. The summed E-state index contributed by atoms with van der Waals surface area (Å²) in [6.45, 7) is 4.45. The van der Waals surface area contributed by atoms with Crippen molar-refractivity contribution in [2.75, 3.05) is 26.3 Å².